The van der Waals surface area contributed by atoms with Crippen LogP contribution in [0.5, 0.6) is 5.88 Å². The molecule has 0 unspecified atom stereocenters. The van der Waals surface area contributed by atoms with Crippen molar-refractivity contribution < 1.29 is 9.26 Å². The number of hydrogen-bond donors (Lipinski definition) is 1. The van der Waals surface area contributed by atoms with Gasteiger partial charge in [0, 0.05) is 6.07 Å². The number of rotatable bonds is 5. The maximum atomic E-state index is 5.98. The molecule has 0 aromatic carbocycles. The second kappa shape index (κ2) is 5.75. The Morgan fingerprint density at radius 1 is 1.32 bits per heavy atom. The third-order valence-electron chi connectivity index (χ3n) is 2.56. The van der Waals surface area contributed by atoms with E-state index in [9.17, 15) is 0 Å². The summed E-state index contributed by atoms with van der Waals surface area (Å²) in [6.07, 6.45) is 0.788. The van der Waals surface area contributed by atoms with E-state index in [0.717, 1.165) is 6.42 Å². The maximum absolute atomic E-state index is 5.98. The highest BCUT2D eigenvalue weighted by atomic mass is 16.5. The normalized spacial score (nSPS) is 12.7. The van der Waals surface area contributed by atoms with Crippen molar-refractivity contribution in [1.82, 2.24) is 20.3 Å². The van der Waals surface area contributed by atoms with Crippen molar-refractivity contribution >= 4 is 0 Å². The van der Waals surface area contributed by atoms with E-state index < -0.39 is 0 Å². The number of hydrogen-bond acceptors (Lipinski definition) is 7. The minimum atomic E-state index is -0.257. The van der Waals surface area contributed by atoms with Crippen molar-refractivity contribution in [3.05, 3.63) is 18.0 Å². The van der Waals surface area contributed by atoms with Crippen LogP contribution in [0, 0.1) is 5.92 Å². The molecule has 2 aromatic rings. The van der Waals surface area contributed by atoms with Crippen molar-refractivity contribution in [2.45, 2.75) is 26.3 Å². The highest BCUT2D eigenvalue weighted by molar-refractivity contribution is 5.47. The SMILES string of the molecule is COc1ccc(-c2noc([C@H](N)CC(C)C)n2)nn1. The lowest BCUT2D eigenvalue weighted by Gasteiger charge is -2.08. The first-order valence-electron chi connectivity index (χ1n) is 6.07. The Kier molecular flexibility index (Phi) is 4.06. The second-order valence-electron chi connectivity index (χ2n) is 4.65. The summed E-state index contributed by atoms with van der Waals surface area (Å²) in [4.78, 5) is 4.24. The van der Waals surface area contributed by atoms with E-state index in [4.69, 9.17) is 15.0 Å². The van der Waals surface area contributed by atoms with Crippen molar-refractivity contribution in [1.29, 1.82) is 0 Å². The lowest BCUT2D eigenvalue weighted by atomic mass is 10.0. The van der Waals surface area contributed by atoms with E-state index in [0.29, 0.717) is 29.2 Å². The Morgan fingerprint density at radius 3 is 2.68 bits per heavy atom. The molecule has 7 heteroatoms. The third kappa shape index (κ3) is 3.25. The quantitative estimate of drug-likeness (QED) is 0.873. The lowest BCUT2D eigenvalue weighted by molar-refractivity contribution is 0.335. The molecule has 19 heavy (non-hydrogen) atoms. The van der Waals surface area contributed by atoms with Crippen LogP contribution < -0.4 is 10.5 Å². The van der Waals surface area contributed by atoms with Crippen LogP contribution in [0.4, 0.5) is 0 Å². The number of aromatic nitrogens is 4. The molecule has 2 rings (SSSR count). The molecule has 7 nitrogen and oxygen atoms in total. The minimum absolute atomic E-state index is 0.257. The Hall–Kier alpha value is -2.02. The van der Waals surface area contributed by atoms with Gasteiger partial charge >= 0.3 is 0 Å². The molecule has 0 saturated heterocycles. The van der Waals surface area contributed by atoms with Crippen molar-refractivity contribution in [2.75, 3.05) is 7.11 Å². The van der Waals surface area contributed by atoms with Crippen molar-refractivity contribution in [2.24, 2.45) is 11.7 Å². The highest BCUT2D eigenvalue weighted by Gasteiger charge is 2.17. The summed E-state index contributed by atoms with van der Waals surface area (Å²) in [5.74, 6) is 1.70. The number of methoxy groups -OCH3 is 1. The number of ether oxygens (including phenoxy) is 1. The molecule has 0 fully saturated rings. The van der Waals surface area contributed by atoms with Crippen LogP contribution in [0.1, 0.15) is 32.2 Å². The van der Waals surface area contributed by atoms with E-state index in [1.54, 1.807) is 12.1 Å². The van der Waals surface area contributed by atoms with E-state index in [1.165, 1.54) is 7.11 Å². The number of nitrogens with two attached hydrogens (primary N) is 1. The Balaban J connectivity index is 2.15. The van der Waals surface area contributed by atoms with E-state index >= 15 is 0 Å². The van der Waals surface area contributed by atoms with Crippen LogP contribution in [0.15, 0.2) is 16.7 Å². The summed E-state index contributed by atoms with van der Waals surface area (Å²) in [5, 5.41) is 11.7. The van der Waals surface area contributed by atoms with Gasteiger partial charge in [0.2, 0.25) is 17.6 Å². The predicted molar refractivity (Wildman–Crippen MR) is 68.3 cm³/mol. The Bertz CT molecular complexity index is 523. The molecule has 0 saturated carbocycles. The molecule has 0 amide bonds. The van der Waals surface area contributed by atoms with Gasteiger partial charge in [0.15, 0.2) is 0 Å². The summed E-state index contributed by atoms with van der Waals surface area (Å²) in [6.45, 7) is 4.18. The zero-order valence-corrected chi connectivity index (χ0v) is 11.2. The van der Waals surface area contributed by atoms with Crippen LogP contribution in [0.3, 0.4) is 0 Å². The largest absolute Gasteiger partial charge is 0.480 e. The highest BCUT2D eigenvalue weighted by Crippen LogP contribution is 2.20. The first-order valence-corrected chi connectivity index (χ1v) is 6.07. The Morgan fingerprint density at radius 2 is 2.11 bits per heavy atom. The molecule has 0 spiro atoms. The van der Waals surface area contributed by atoms with E-state index in [1.807, 2.05) is 0 Å². The Labute approximate surface area is 111 Å². The molecular weight excluding hydrogens is 246 g/mol. The topological polar surface area (TPSA) is 100.0 Å². The van der Waals surface area contributed by atoms with Gasteiger partial charge in [0.05, 0.1) is 13.2 Å². The molecule has 2 N–H and O–H groups in total. The van der Waals surface area contributed by atoms with Gasteiger partial charge in [-0.2, -0.15) is 4.98 Å². The van der Waals surface area contributed by atoms with Gasteiger partial charge in [0.1, 0.15) is 5.69 Å². The van der Waals surface area contributed by atoms with Gasteiger partial charge in [0.25, 0.3) is 0 Å². The fourth-order valence-electron chi connectivity index (χ4n) is 1.65. The zero-order valence-electron chi connectivity index (χ0n) is 11.2. The fraction of sp³-hybridized carbons (Fsp3) is 0.500. The van der Waals surface area contributed by atoms with Crippen LogP contribution in [-0.4, -0.2) is 27.4 Å². The molecule has 0 aliphatic rings. The minimum Gasteiger partial charge on any atom is -0.480 e. The van der Waals surface area contributed by atoms with Gasteiger partial charge in [-0.25, -0.2) is 0 Å². The molecule has 0 aliphatic heterocycles. The number of nitrogens with zero attached hydrogens (tertiary/aromatic N) is 4. The third-order valence-corrected chi connectivity index (χ3v) is 2.56. The van der Waals surface area contributed by atoms with Gasteiger partial charge in [-0.05, 0) is 18.4 Å². The summed E-state index contributed by atoms with van der Waals surface area (Å²) in [7, 11) is 1.53. The monoisotopic (exact) mass is 263 g/mol. The van der Waals surface area contributed by atoms with Gasteiger partial charge in [-0.15, -0.1) is 10.2 Å². The summed E-state index contributed by atoms with van der Waals surface area (Å²) >= 11 is 0. The standard InChI is InChI=1S/C12H17N5O2/c1-7(2)6-8(13)12-14-11(17-19-12)9-4-5-10(18-3)16-15-9/h4-5,7-8H,6,13H2,1-3H3/t8-/m1/s1. The van der Waals surface area contributed by atoms with Gasteiger partial charge in [-0.3, -0.25) is 0 Å². The average Bonchev–Trinajstić information content (AvgIpc) is 2.88. The van der Waals surface area contributed by atoms with Gasteiger partial charge < -0.3 is 15.0 Å². The van der Waals surface area contributed by atoms with Crippen molar-refractivity contribution in [3.63, 3.8) is 0 Å². The molecule has 2 heterocycles. The van der Waals surface area contributed by atoms with Crippen LogP contribution >= 0.6 is 0 Å². The molecule has 1 atom stereocenters. The molecule has 2 aromatic heterocycles. The fourth-order valence-corrected chi connectivity index (χ4v) is 1.65. The van der Waals surface area contributed by atoms with Crippen LogP contribution in [-0.2, 0) is 0 Å². The van der Waals surface area contributed by atoms with E-state index in [-0.39, 0.29) is 6.04 Å². The van der Waals surface area contributed by atoms with Crippen molar-refractivity contribution in [3.8, 4) is 17.4 Å². The maximum Gasteiger partial charge on any atom is 0.243 e. The predicted octanol–water partition coefficient (Wildman–Crippen LogP) is 1.58. The first-order chi connectivity index (χ1) is 9.10. The zero-order chi connectivity index (χ0) is 13.8. The first kappa shape index (κ1) is 13.4. The van der Waals surface area contributed by atoms with Crippen LogP contribution in [0.2, 0.25) is 0 Å². The molecule has 102 valence electrons. The summed E-state index contributed by atoms with van der Waals surface area (Å²) in [5.41, 5.74) is 6.50. The molecular formula is C12H17N5O2. The lowest BCUT2D eigenvalue weighted by Crippen LogP contribution is -2.13. The summed E-state index contributed by atoms with van der Waals surface area (Å²) in [6, 6.07) is 3.15. The molecule has 0 bridgehead atoms. The summed E-state index contributed by atoms with van der Waals surface area (Å²) < 4.78 is 10.1. The van der Waals surface area contributed by atoms with Crippen LogP contribution in [0.25, 0.3) is 11.5 Å². The van der Waals surface area contributed by atoms with E-state index in [2.05, 4.69) is 34.2 Å². The van der Waals surface area contributed by atoms with Gasteiger partial charge in [-0.1, -0.05) is 19.0 Å². The average molecular weight is 263 g/mol. The molecule has 0 aliphatic carbocycles. The smallest absolute Gasteiger partial charge is 0.243 e. The molecule has 0 radical (unpaired) electrons. The second-order valence-corrected chi connectivity index (χ2v) is 4.65.